The Morgan fingerprint density at radius 1 is 1.64 bits per heavy atom. The van der Waals surface area contributed by atoms with E-state index in [2.05, 4.69) is 5.32 Å². The van der Waals surface area contributed by atoms with Crippen LogP contribution in [0.15, 0.2) is 22.8 Å². The first kappa shape index (κ1) is 10.8. The monoisotopic (exact) mass is 197 g/mol. The maximum absolute atomic E-state index is 10.6. The van der Waals surface area contributed by atoms with Gasteiger partial charge >= 0.3 is 5.97 Å². The van der Waals surface area contributed by atoms with Crippen molar-refractivity contribution in [1.29, 1.82) is 0 Å². The number of carbonyl (C=O) groups is 1. The number of nitrogens with one attached hydrogen (secondary N) is 1. The van der Waals surface area contributed by atoms with Crippen LogP contribution in [0.3, 0.4) is 0 Å². The second kappa shape index (κ2) is 4.81. The van der Waals surface area contributed by atoms with E-state index in [0.717, 1.165) is 5.76 Å². The number of rotatable bonds is 5. The van der Waals surface area contributed by atoms with Crippen LogP contribution in [0.2, 0.25) is 0 Å². The highest BCUT2D eigenvalue weighted by molar-refractivity contribution is 5.72. The summed E-state index contributed by atoms with van der Waals surface area (Å²) in [5.74, 6) is 0.0267. The lowest BCUT2D eigenvalue weighted by molar-refractivity contribution is -0.139. The second-order valence-corrected chi connectivity index (χ2v) is 3.41. The third-order valence-corrected chi connectivity index (χ3v) is 1.99. The van der Waals surface area contributed by atoms with Crippen LogP contribution in [0, 0.1) is 0 Å². The Bertz CT molecular complexity index is 282. The lowest BCUT2D eigenvalue weighted by atomic mass is 10.1. The highest BCUT2D eigenvalue weighted by Crippen LogP contribution is 2.04. The van der Waals surface area contributed by atoms with Gasteiger partial charge in [0.15, 0.2) is 0 Å². The van der Waals surface area contributed by atoms with Crippen molar-refractivity contribution in [2.24, 2.45) is 0 Å². The van der Waals surface area contributed by atoms with Gasteiger partial charge < -0.3 is 14.8 Å². The van der Waals surface area contributed by atoms with Gasteiger partial charge in [-0.1, -0.05) is 0 Å². The molecule has 0 spiro atoms. The topological polar surface area (TPSA) is 62.5 Å². The quantitative estimate of drug-likeness (QED) is 0.746. The van der Waals surface area contributed by atoms with Gasteiger partial charge in [-0.15, -0.1) is 0 Å². The number of carboxylic acid groups (broad SMARTS) is 1. The molecule has 0 aliphatic heterocycles. The summed E-state index contributed by atoms with van der Waals surface area (Å²) in [7, 11) is 0. The Morgan fingerprint density at radius 3 is 2.86 bits per heavy atom. The van der Waals surface area contributed by atoms with E-state index in [1.165, 1.54) is 0 Å². The van der Waals surface area contributed by atoms with Crippen molar-refractivity contribution < 1.29 is 14.3 Å². The summed E-state index contributed by atoms with van der Waals surface area (Å²) in [5.41, 5.74) is 0. The standard InChI is InChI=1S/C10H15NO3/c1-7(11-8(2)10(12)13)6-9-4-3-5-14-9/h3-5,7-8,11H,6H2,1-2H3,(H,12,13). The van der Waals surface area contributed by atoms with Gasteiger partial charge in [-0.05, 0) is 26.0 Å². The first-order valence-electron chi connectivity index (χ1n) is 4.61. The largest absolute Gasteiger partial charge is 0.480 e. The van der Waals surface area contributed by atoms with Gasteiger partial charge in [0.05, 0.1) is 6.26 Å². The molecule has 0 aromatic carbocycles. The van der Waals surface area contributed by atoms with E-state index in [0.29, 0.717) is 6.42 Å². The van der Waals surface area contributed by atoms with E-state index < -0.39 is 12.0 Å². The van der Waals surface area contributed by atoms with Crippen LogP contribution in [-0.2, 0) is 11.2 Å². The van der Waals surface area contributed by atoms with Gasteiger partial charge in [-0.3, -0.25) is 4.79 Å². The number of aliphatic carboxylic acids is 1. The lowest BCUT2D eigenvalue weighted by Crippen LogP contribution is -2.40. The Morgan fingerprint density at radius 2 is 2.36 bits per heavy atom. The van der Waals surface area contributed by atoms with Crippen molar-refractivity contribution in [3.8, 4) is 0 Å². The van der Waals surface area contributed by atoms with Crippen LogP contribution in [0.1, 0.15) is 19.6 Å². The highest BCUT2D eigenvalue weighted by Gasteiger charge is 2.14. The molecule has 78 valence electrons. The maximum atomic E-state index is 10.6. The summed E-state index contributed by atoms with van der Waals surface area (Å²) in [6.45, 7) is 3.56. The molecule has 2 atom stereocenters. The number of hydrogen-bond acceptors (Lipinski definition) is 3. The molecule has 1 heterocycles. The summed E-state index contributed by atoms with van der Waals surface area (Å²) in [6.07, 6.45) is 2.31. The molecule has 0 bridgehead atoms. The average Bonchev–Trinajstić information content (AvgIpc) is 2.56. The van der Waals surface area contributed by atoms with E-state index in [4.69, 9.17) is 9.52 Å². The summed E-state index contributed by atoms with van der Waals surface area (Å²) in [6, 6.07) is 3.26. The van der Waals surface area contributed by atoms with E-state index in [1.54, 1.807) is 13.2 Å². The molecule has 1 rings (SSSR count). The molecule has 0 radical (unpaired) electrons. The molecule has 2 N–H and O–H groups in total. The Kier molecular flexibility index (Phi) is 3.71. The molecule has 14 heavy (non-hydrogen) atoms. The van der Waals surface area contributed by atoms with Gasteiger partial charge in [0.25, 0.3) is 0 Å². The molecule has 0 fully saturated rings. The zero-order chi connectivity index (χ0) is 10.6. The van der Waals surface area contributed by atoms with Crippen molar-refractivity contribution in [1.82, 2.24) is 5.32 Å². The first-order chi connectivity index (χ1) is 6.59. The smallest absolute Gasteiger partial charge is 0.320 e. The average molecular weight is 197 g/mol. The summed E-state index contributed by atoms with van der Waals surface area (Å²) < 4.78 is 5.16. The Balaban J connectivity index is 2.36. The van der Waals surface area contributed by atoms with Crippen LogP contribution in [0.5, 0.6) is 0 Å². The molecule has 1 aromatic heterocycles. The zero-order valence-electron chi connectivity index (χ0n) is 8.36. The van der Waals surface area contributed by atoms with Crippen LogP contribution < -0.4 is 5.32 Å². The third kappa shape index (κ3) is 3.22. The first-order valence-corrected chi connectivity index (χ1v) is 4.61. The van der Waals surface area contributed by atoms with E-state index in [9.17, 15) is 4.79 Å². The molecule has 1 aromatic rings. The fourth-order valence-corrected chi connectivity index (χ4v) is 1.29. The van der Waals surface area contributed by atoms with E-state index in [1.807, 2.05) is 19.1 Å². The molecule has 0 amide bonds. The fraction of sp³-hybridized carbons (Fsp3) is 0.500. The highest BCUT2D eigenvalue weighted by atomic mass is 16.4. The molecule has 2 unspecified atom stereocenters. The van der Waals surface area contributed by atoms with Gasteiger partial charge in [0, 0.05) is 12.5 Å². The van der Waals surface area contributed by atoms with E-state index in [-0.39, 0.29) is 6.04 Å². The van der Waals surface area contributed by atoms with Gasteiger partial charge in [0.2, 0.25) is 0 Å². The minimum atomic E-state index is -0.837. The fourth-order valence-electron chi connectivity index (χ4n) is 1.29. The number of hydrogen-bond donors (Lipinski definition) is 2. The molecular formula is C10H15NO3. The molecule has 4 nitrogen and oxygen atoms in total. The number of carboxylic acids is 1. The molecule has 0 saturated heterocycles. The number of furan rings is 1. The normalized spacial score (nSPS) is 15.0. The zero-order valence-corrected chi connectivity index (χ0v) is 8.36. The van der Waals surface area contributed by atoms with Crippen molar-refractivity contribution in [3.63, 3.8) is 0 Å². The molecule has 0 aliphatic rings. The van der Waals surface area contributed by atoms with Crippen molar-refractivity contribution >= 4 is 5.97 Å². The summed E-state index contributed by atoms with van der Waals surface area (Å²) in [4.78, 5) is 10.6. The lowest BCUT2D eigenvalue weighted by Gasteiger charge is -2.15. The van der Waals surface area contributed by atoms with Crippen LogP contribution in [0.25, 0.3) is 0 Å². The van der Waals surface area contributed by atoms with Gasteiger partial charge in [-0.2, -0.15) is 0 Å². The Labute approximate surface area is 82.9 Å². The summed E-state index contributed by atoms with van der Waals surface area (Å²) in [5, 5.41) is 11.6. The minimum Gasteiger partial charge on any atom is -0.480 e. The second-order valence-electron chi connectivity index (χ2n) is 3.41. The van der Waals surface area contributed by atoms with Crippen molar-refractivity contribution in [2.45, 2.75) is 32.4 Å². The maximum Gasteiger partial charge on any atom is 0.320 e. The minimum absolute atomic E-state index is 0.0900. The Hall–Kier alpha value is -1.29. The predicted molar refractivity (Wildman–Crippen MR) is 52.1 cm³/mol. The van der Waals surface area contributed by atoms with Gasteiger partial charge in [0.1, 0.15) is 11.8 Å². The molecular weight excluding hydrogens is 182 g/mol. The van der Waals surface area contributed by atoms with Gasteiger partial charge in [-0.25, -0.2) is 0 Å². The van der Waals surface area contributed by atoms with Crippen LogP contribution in [-0.4, -0.2) is 23.2 Å². The van der Waals surface area contributed by atoms with Crippen LogP contribution in [0.4, 0.5) is 0 Å². The molecule has 4 heteroatoms. The summed E-state index contributed by atoms with van der Waals surface area (Å²) >= 11 is 0. The van der Waals surface area contributed by atoms with Crippen molar-refractivity contribution in [3.05, 3.63) is 24.2 Å². The predicted octanol–water partition coefficient (Wildman–Crippen LogP) is 1.27. The van der Waals surface area contributed by atoms with E-state index >= 15 is 0 Å². The molecule has 0 aliphatic carbocycles. The molecule has 0 saturated carbocycles. The third-order valence-electron chi connectivity index (χ3n) is 1.99. The SMILES string of the molecule is CC(Cc1ccco1)NC(C)C(=O)O. The van der Waals surface area contributed by atoms with Crippen LogP contribution >= 0.6 is 0 Å². The van der Waals surface area contributed by atoms with Crippen molar-refractivity contribution in [2.75, 3.05) is 0 Å².